The number of carbonyl (C=O) groups is 1. The van der Waals surface area contributed by atoms with E-state index in [1.54, 1.807) is 12.1 Å². The van der Waals surface area contributed by atoms with Gasteiger partial charge in [-0.2, -0.15) is 0 Å². The second-order valence-corrected chi connectivity index (χ2v) is 8.08. The lowest BCUT2D eigenvalue weighted by Gasteiger charge is -2.23. The van der Waals surface area contributed by atoms with Gasteiger partial charge < -0.3 is 25.4 Å². The van der Waals surface area contributed by atoms with Crippen molar-refractivity contribution in [1.82, 2.24) is 15.5 Å². The summed E-state index contributed by atoms with van der Waals surface area (Å²) in [7, 11) is 0. The number of alkyl carbamates (subject to hydrolysis) is 1. The normalized spacial score (nSPS) is 17.5. The fourth-order valence-electron chi connectivity index (χ4n) is 3.10. The Hall–Kier alpha value is -2.44. The maximum atomic E-state index is 12.0. The Morgan fingerprint density at radius 3 is 2.68 bits per heavy atom. The van der Waals surface area contributed by atoms with E-state index in [1.807, 2.05) is 32.9 Å². The first-order valence-electron chi connectivity index (χ1n) is 10.1. The number of likely N-dealkylation sites (tertiary alicyclic amines) is 1. The average Bonchev–Trinajstić information content (AvgIpc) is 3.05. The number of aryl methyl sites for hydroxylation is 1. The van der Waals surface area contributed by atoms with Crippen LogP contribution in [0.3, 0.4) is 0 Å². The van der Waals surface area contributed by atoms with Crippen molar-refractivity contribution in [3.05, 3.63) is 29.8 Å². The van der Waals surface area contributed by atoms with Crippen LogP contribution in [0.2, 0.25) is 0 Å². The van der Waals surface area contributed by atoms with Gasteiger partial charge >= 0.3 is 6.09 Å². The topological polar surface area (TPSA) is 86.2 Å². The highest BCUT2D eigenvalue weighted by atomic mass is 16.6. The third-order valence-corrected chi connectivity index (χ3v) is 4.37. The highest BCUT2D eigenvalue weighted by Gasteiger charge is 2.27. The van der Waals surface area contributed by atoms with Crippen LogP contribution in [0, 0.1) is 0 Å². The third-order valence-electron chi connectivity index (χ3n) is 4.37. The number of hydrogen-bond acceptors (Lipinski definition) is 4. The highest BCUT2D eigenvalue weighted by molar-refractivity contribution is 5.80. The fraction of sp³-hybridized carbons (Fsp3) is 0.619. The van der Waals surface area contributed by atoms with Crippen molar-refractivity contribution in [3.8, 4) is 5.75 Å². The molecule has 3 N–H and O–H groups in total. The Morgan fingerprint density at radius 1 is 1.32 bits per heavy atom. The van der Waals surface area contributed by atoms with Crippen molar-refractivity contribution in [2.24, 2.45) is 4.99 Å². The lowest BCUT2D eigenvalue weighted by molar-refractivity contribution is 0.0507. The number of amides is 1. The summed E-state index contributed by atoms with van der Waals surface area (Å²) in [5.41, 5.74) is 0.705. The summed E-state index contributed by atoms with van der Waals surface area (Å²) in [5.74, 6) is 1.18. The Morgan fingerprint density at radius 2 is 2.04 bits per heavy atom. The lowest BCUT2D eigenvalue weighted by Crippen LogP contribution is -2.44. The second kappa shape index (κ2) is 10.2. The summed E-state index contributed by atoms with van der Waals surface area (Å²) in [6, 6.07) is 7.38. The van der Waals surface area contributed by atoms with Crippen LogP contribution in [0.1, 0.15) is 46.1 Å². The fourth-order valence-corrected chi connectivity index (χ4v) is 3.10. The molecular formula is C21H34N4O3. The predicted molar refractivity (Wildman–Crippen MR) is 112 cm³/mol. The molecule has 1 aliphatic rings. The second-order valence-electron chi connectivity index (χ2n) is 8.08. The molecule has 1 aromatic rings. The molecular weight excluding hydrogens is 356 g/mol. The molecule has 0 aromatic heterocycles. The van der Waals surface area contributed by atoms with Crippen LogP contribution in [0.5, 0.6) is 5.75 Å². The molecule has 2 rings (SSSR count). The maximum absolute atomic E-state index is 12.0. The molecule has 1 unspecified atom stereocenters. The Bertz CT molecular complexity index is 653. The molecule has 1 fully saturated rings. The van der Waals surface area contributed by atoms with Crippen LogP contribution in [-0.4, -0.2) is 59.9 Å². The van der Waals surface area contributed by atoms with E-state index in [4.69, 9.17) is 9.73 Å². The molecule has 1 saturated heterocycles. The van der Waals surface area contributed by atoms with Crippen molar-refractivity contribution in [2.45, 2.75) is 58.6 Å². The van der Waals surface area contributed by atoms with Crippen molar-refractivity contribution in [3.63, 3.8) is 0 Å². The van der Waals surface area contributed by atoms with Gasteiger partial charge in [-0.3, -0.25) is 4.99 Å². The molecule has 0 aliphatic carbocycles. The lowest BCUT2D eigenvalue weighted by atomic mass is 10.1. The molecule has 7 heteroatoms. The first kappa shape index (κ1) is 21.9. The van der Waals surface area contributed by atoms with E-state index in [2.05, 4.69) is 22.5 Å². The number of carbonyl (C=O) groups excluding carboxylic acids is 1. The van der Waals surface area contributed by atoms with Gasteiger partial charge in [0.05, 0.1) is 6.04 Å². The van der Waals surface area contributed by atoms with Crippen molar-refractivity contribution in [1.29, 1.82) is 0 Å². The first-order chi connectivity index (χ1) is 13.3. The Kier molecular flexibility index (Phi) is 7.96. The zero-order valence-electron chi connectivity index (χ0n) is 17.5. The number of aliphatic imine (C=N–C) groups is 1. The van der Waals surface area contributed by atoms with Gasteiger partial charge in [0, 0.05) is 26.2 Å². The number of ether oxygens (including phenoxy) is 1. The van der Waals surface area contributed by atoms with Gasteiger partial charge in [0.1, 0.15) is 11.4 Å². The molecule has 0 saturated carbocycles. The van der Waals surface area contributed by atoms with Gasteiger partial charge in [-0.1, -0.05) is 12.1 Å². The summed E-state index contributed by atoms with van der Waals surface area (Å²) in [6.07, 6.45) is 2.37. The number of benzene rings is 1. The van der Waals surface area contributed by atoms with Gasteiger partial charge in [0.25, 0.3) is 0 Å². The minimum atomic E-state index is -0.490. The molecule has 1 aliphatic heterocycles. The number of phenols is 1. The molecule has 7 nitrogen and oxygen atoms in total. The summed E-state index contributed by atoms with van der Waals surface area (Å²) in [5, 5.41) is 15.6. The van der Waals surface area contributed by atoms with Crippen LogP contribution in [0.25, 0.3) is 0 Å². The molecule has 28 heavy (non-hydrogen) atoms. The molecule has 1 amide bonds. The van der Waals surface area contributed by atoms with Crippen LogP contribution < -0.4 is 10.6 Å². The van der Waals surface area contributed by atoms with E-state index in [1.165, 1.54) is 5.56 Å². The third kappa shape index (κ3) is 7.66. The maximum Gasteiger partial charge on any atom is 0.407 e. The van der Waals surface area contributed by atoms with E-state index in [-0.39, 0.29) is 12.1 Å². The summed E-state index contributed by atoms with van der Waals surface area (Å²) >= 11 is 0. The molecule has 156 valence electrons. The smallest absolute Gasteiger partial charge is 0.407 e. The number of phenolic OH excluding ortho intramolecular Hbond substituents is 1. The average molecular weight is 391 g/mol. The van der Waals surface area contributed by atoms with E-state index in [9.17, 15) is 9.90 Å². The van der Waals surface area contributed by atoms with Gasteiger partial charge in [-0.15, -0.1) is 0 Å². The van der Waals surface area contributed by atoms with E-state index < -0.39 is 5.60 Å². The number of nitrogens with zero attached hydrogens (tertiary/aromatic N) is 2. The number of nitrogens with one attached hydrogen (secondary N) is 2. The van der Waals surface area contributed by atoms with Crippen LogP contribution >= 0.6 is 0 Å². The Balaban J connectivity index is 1.81. The number of guanidine groups is 1. The molecule has 1 atom stereocenters. The largest absolute Gasteiger partial charge is 0.508 e. The van der Waals surface area contributed by atoms with Crippen LogP contribution in [-0.2, 0) is 11.2 Å². The molecule has 1 heterocycles. The summed E-state index contributed by atoms with van der Waals surface area (Å²) in [6.45, 7) is 10.7. The monoisotopic (exact) mass is 390 g/mol. The zero-order valence-corrected chi connectivity index (χ0v) is 17.5. The van der Waals surface area contributed by atoms with Crippen molar-refractivity contribution >= 4 is 12.1 Å². The van der Waals surface area contributed by atoms with Gasteiger partial charge in [-0.05, 0) is 64.7 Å². The first-order valence-corrected chi connectivity index (χ1v) is 10.1. The summed E-state index contributed by atoms with van der Waals surface area (Å²) in [4.78, 5) is 18.9. The molecule has 1 aromatic carbocycles. The van der Waals surface area contributed by atoms with Gasteiger partial charge in [0.2, 0.25) is 0 Å². The number of hydrogen-bond donors (Lipinski definition) is 3. The quantitative estimate of drug-likeness (QED) is 0.395. The molecule has 0 radical (unpaired) electrons. The van der Waals surface area contributed by atoms with Crippen LogP contribution in [0.4, 0.5) is 4.79 Å². The highest BCUT2D eigenvalue weighted by Crippen LogP contribution is 2.13. The predicted octanol–water partition coefficient (Wildman–Crippen LogP) is 2.89. The van der Waals surface area contributed by atoms with Crippen molar-refractivity contribution < 1.29 is 14.6 Å². The van der Waals surface area contributed by atoms with Crippen molar-refractivity contribution in [2.75, 3.05) is 26.2 Å². The van der Waals surface area contributed by atoms with Gasteiger partial charge in [0.15, 0.2) is 5.96 Å². The molecule has 0 spiro atoms. The van der Waals surface area contributed by atoms with E-state index in [0.717, 1.165) is 51.4 Å². The minimum absolute atomic E-state index is 0.0655. The standard InChI is InChI=1S/C21H34N4O3/c1-5-22-19(23-13-6-7-16-8-10-18(26)11-9-16)25-14-12-17(15-25)24-20(27)28-21(2,3)4/h8-11,17,26H,5-7,12-15H2,1-4H3,(H,22,23)(H,24,27). The zero-order chi connectivity index (χ0) is 20.6. The SMILES string of the molecule is CCNC(=NCCCc1ccc(O)cc1)N1CCC(NC(=O)OC(C)(C)C)C1. The number of rotatable bonds is 6. The molecule has 0 bridgehead atoms. The summed E-state index contributed by atoms with van der Waals surface area (Å²) < 4.78 is 5.34. The van der Waals surface area contributed by atoms with Gasteiger partial charge in [-0.25, -0.2) is 4.79 Å². The van der Waals surface area contributed by atoms with E-state index in [0.29, 0.717) is 5.75 Å². The Labute approximate surface area is 168 Å². The van der Waals surface area contributed by atoms with Crippen LogP contribution in [0.15, 0.2) is 29.3 Å². The van der Waals surface area contributed by atoms with E-state index >= 15 is 0 Å². The number of aromatic hydroxyl groups is 1. The minimum Gasteiger partial charge on any atom is -0.508 e.